The van der Waals surface area contributed by atoms with E-state index in [1.54, 1.807) is 30.7 Å². The molecule has 0 aliphatic heterocycles. The number of aldehydes is 1. The highest BCUT2D eigenvalue weighted by Gasteiger charge is 2.07. The summed E-state index contributed by atoms with van der Waals surface area (Å²) < 4.78 is 0. The van der Waals surface area contributed by atoms with Gasteiger partial charge in [0.1, 0.15) is 17.0 Å². The highest BCUT2D eigenvalue weighted by atomic mass is 16.3. The Morgan fingerprint density at radius 2 is 1.63 bits per heavy atom. The first kappa shape index (κ1) is 18.9. The van der Waals surface area contributed by atoms with E-state index in [0.717, 1.165) is 22.0 Å². The van der Waals surface area contributed by atoms with E-state index in [0.29, 0.717) is 17.4 Å². The standard InChI is InChI=1S/C14H11N3O.C8H6N2O2/c18-13-7-6-10-8-16-17-14(10)12(13)9-15-11-4-2-1-3-5-11;11-4-6-7(12)2-1-5-3-9-10-8(5)6/h1-9,18H,(H,16,17);1-4,12H,(H,9,10). The molecule has 0 radical (unpaired) electrons. The number of aromatic amines is 2. The molecular weight excluding hydrogens is 382 g/mol. The lowest BCUT2D eigenvalue weighted by molar-refractivity contribution is 0.112. The Hall–Kier alpha value is -4.46. The van der Waals surface area contributed by atoms with Crippen molar-refractivity contribution in [3.8, 4) is 11.5 Å². The van der Waals surface area contributed by atoms with Gasteiger partial charge in [0, 0.05) is 23.2 Å². The maximum atomic E-state index is 10.5. The molecule has 0 unspecified atom stereocenters. The lowest BCUT2D eigenvalue weighted by Crippen LogP contribution is -1.85. The van der Waals surface area contributed by atoms with Crippen molar-refractivity contribution >= 4 is 40.0 Å². The fourth-order valence-corrected chi connectivity index (χ4v) is 2.95. The Morgan fingerprint density at radius 3 is 2.40 bits per heavy atom. The van der Waals surface area contributed by atoms with Crippen LogP contribution in [0.5, 0.6) is 11.5 Å². The van der Waals surface area contributed by atoms with Crippen LogP contribution >= 0.6 is 0 Å². The normalized spacial score (nSPS) is 10.9. The summed E-state index contributed by atoms with van der Waals surface area (Å²) in [6.07, 6.45) is 5.63. The van der Waals surface area contributed by atoms with Gasteiger partial charge in [0.25, 0.3) is 0 Å². The minimum Gasteiger partial charge on any atom is -0.507 e. The number of carbonyl (C=O) groups is 1. The van der Waals surface area contributed by atoms with E-state index in [1.165, 1.54) is 6.07 Å². The molecule has 5 rings (SSSR count). The van der Waals surface area contributed by atoms with E-state index in [9.17, 15) is 15.0 Å². The molecule has 0 aliphatic carbocycles. The maximum Gasteiger partial charge on any atom is 0.156 e. The maximum absolute atomic E-state index is 10.5. The molecule has 0 amide bonds. The number of hydrogen-bond donors (Lipinski definition) is 4. The van der Waals surface area contributed by atoms with Crippen LogP contribution in [0.3, 0.4) is 0 Å². The van der Waals surface area contributed by atoms with Crippen molar-refractivity contribution in [3.05, 3.63) is 78.1 Å². The molecule has 2 aromatic heterocycles. The number of aromatic hydroxyl groups is 2. The average Bonchev–Trinajstić information content (AvgIpc) is 3.44. The van der Waals surface area contributed by atoms with Gasteiger partial charge in [0.15, 0.2) is 6.29 Å². The number of benzene rings is 3. The fourth-order valence-electron chi connectivity index (χ4n) is 2.95. The molecule has 148 valence electrons. The van der Waals surface area contributed by atoms with E-state index in [-0.39, 0.29) is 17.1 Å². The predicted octanol–water partition coefficient (Wildman–Crippen LogP) is 4.10. The number of nitrogens with one attached hydrogen (secondary N) is 2. The Balaban J connectivity index is 0.000000158. The van der Waals surface area contributed by atoms with Gasteiger partial charge in [0.2, 0.25) is 0 Å². The molecule has 8 heteroatoms. The van der Waals surface area contributed by atoms with Crippen LogP contribution in [0.1, 0.15) is 15.9 Å². The molecule has 3 aromatic carbocycles. The number of carbonyl (C=O) groups excluding carboxylic acids is 1. The van der Waals surface area contributed by atoms with Crippen LogP contribution < -0.4 is 0 Å². The smallest absolute Gasteiger partial charge is 0.156 e. The van der Waals surface area contributed by atoms with Crippen LogP contribution in [0.25, 0.3) is 21.8 Å². The minimum absolute atomic E-state index is 0.0374. The molecule has 2 heterocycles. The second-order valence-electron chi connectivity index (χ2n) is 6.37. The quantitative estimate of drug-likeness (QED) is 0.268. The Bertz CT molecular complexity index is 1340. The van der Waals surface area contributed by atoms with Crippen LogP contribution in [0.4, 0.5) is 5.69 Å². The first-order valence-electron chi connectivity index (χ1n) is 9.02. The number of fused-ring (bicyclic) bond motifs is 2. The zero-order valence-electron chi connectivity index (χ0n) is 15.6. The molecule has 0 fully saturated rings. The Morgan fingerprint density at radius 1 is 0.900 bits per heavy atom. The van der Waals surface area contributed by atoms with Gasteiger partial charge >= 0.3 is 0 Å². The molecule has 0 atom stereocenters. The molecule has 0 spiro atoms. The summed E-state index contributed by atoms with van der Waals surface area (Å²) in [4.78, 5) is 14.9. The largest absolute Gasteiger partial charge is 0.507 e. The summed E-state index contributed by atoms with van der Waals surface area (Å²) in [7, 11) is 0. The van der Waals surface area contributed by atoms with Gasteiger partial charge in [-0.15, -0.1) is 0 Å². The Labute approximate surface area is 170 Å². The highest BCUT2D eigenvalue weighted by molar-refractivity contribution is 6.01. The van der Waals surface area contributed by atoms with Crippen molar-refractivity contribution in [2.24, 2.45) is 4.99 Å². The third-order valence-electron chi connectivity index (χ3n) is 4.47. The SMILES string of the molecule is O=Cc1c(O)ccc2c[nH]nc12.Oc1ccc2cn[nH]c2c1C=Nc1ccccc1. The van der Waals surface area contributed by atoms with Crippen molar-refractivity contribution in [2.75, 3.05) is 0 Å². The molecular formula is C22H17N5O3. The molecule has 8 nitrogen and oxygen atoms in total. The average molecular weight is 399 g/mol. The molecule has 0 saturated heterocycles. The number of phenols is 2. The molecule has 0 aliphatic rings. The number of phenolic OH excluding ortho intramolecular Hbond substituents is 2. The van der Waals surface area contributed by atoms with Crippen LogP contribution in [-0.4, -0.2) is 43.1 Å². The van der Waals surface area contributed by atoms with E-state index < -0.39 is 0 Å². The summed E-state index contributed by atoms with van der Waals surface area (Å²) in [5.41, 5.74) is 3.01. The van der Waals surface area contributed by atoms with Crippen LogP contribution in [-0.2, 0) is 0 Å². The van der Waals surface area contributed by atoms with Crippen molar-refractivity contribution in [2.45, 2.75) is 0 Å². The summed E-state index contributed by atoms with van der Waals surface area (Å²) >= 11 is 0. The zero-order chi connectivity index (χ0) is 20.9. The monoisotopic (exact) mass is 399 g/mol. The van der Waals surface area contributed by atoms with Crippen molar-refractivity contribution < 1.29 is 15.0 Å². The second-order valence-corrected chi connectivity index (χ2v) is 6.37. The van der Waals surface area contributed by atoms with E-state index in [4.69, 9.17) is 0 Å². The molecule has 5 aromatic rings. The summed E-state index contributed by atoms with van der Waals surface area (Å²) in [5.74, 6) is 0.149. The van der Waals surface area contributed by atoms with E-state index in [2.05, 4.69) is 25.4 Å². The molecule has 30 heavy (non-hydrogen) atoms. The van der Waals surface area contributed by atoms with Crippen LogP contribution in [0, 0.1) is 0 Å². The van der Waals surface area contributed by atoms with Gasteiger partial charge in [-0.05, 0) is 36.4 Å². The number of aliphatic imine (C=N–C) groups is 1. The summed E-state index contributed by atoms with van der Waals surface area (Å²) in [6, 6.07) is 16.2. The number of para-hydroxylation sites is 1. The topological polar surface area (TPSA) is 127 Å². The lowest BCUT2D eigenvalue weighted by Gasteiger charge is -2.00. The number of hydrogen-bond acceptors (Lipinski definition) is 6. The highest BCUT2D eigenvalue weighted by Crippen LogP contribution is 2.25. The second kappa shape index (κ2) is 8.27. The predicted molar refractivity (Wildman–Crippen MR) is 115 cm³/mol. The first-order valence-corrected chi connectivity index (χ1v) is 9.02. The first-order chi connectivity index (χ1) is 14.7. The van der Waals surface area contributed by atoms with Gasteiger partial charge < -0.3 is 10.2 Å². The molecule has 0 bridgehead atoms. The van der Waals surface area contributed by atoms with Gasteiger partial charge in [-0.3, -0.25) is 20.0 Å². The molecule has 0 saturated carbocycles. The van der Waals surface area contributed by atoms with E-state index in [1.807, 2.05) is 36.4 Å². The number of H-pyrrole nitrogens is 2. The van der Waals surface area contributed by atoms with Gasteiger partial charge in [0.05, 0.1) is 28.5 Å². The summed E-state index contributed by atoms with van der Waals surface area (Å²) in [5, 5.41) is 34.1. The minimum atomic E-state index is -0.0374. The number of rotatable bonds is 3. The summed E-state index contributed by atoms with van der Waals surface area (Å²) in [6.45, 7) is 0. The van der Waals surface area contributed by atoms with Gasteiger partial charge in [-0.1, -0.05) is 18.2 Å². The molecule has 4 N–H and O–H groups in total. The third kappa shape index (κ3) is 3.74. The van der Waals surface area contributed by atoms with Gasteiger partial charge in [-0.25, -0.2) is 0 Å². The number of nitrogens with zero attached hydrogens (tertiary/aromatic N) is 3. The van der Waals surface area contributed by atoms with Crippen LogP contribution in [0.2, 0.25) is 0 Å². The number of aromatic nitrogens is 4. The van der Waals surface area contributed by atoms with Gasteiger partial charge in [-0.2, -0.15) is 10.2 Å². The van der Waals surface area contributed by atoms with Crippen LogP contribution in [0.15, 0.2) is 72.0 Å². The fraction of sp³-hybridized carbons (Fsp3) is 0. The lowest BCUT2D eigenvalue weighted by atomic mass is 10.1. The van der Waals surface area contributed by atoms with Crippen molar-refractivity contribution in [3.63, 3.8) is 0 Å². The Kier molecular flexibility index (Phi) is 5.21. The van der Waals surface area contributed by atoms with Crippen molar-refractivity contribution in [1.82, 2.24) is 20.4 Å². The van der Waals surface area contributed by atoms with E-state index >= 15 is 0 Å². The zero-order valence-corrected chi connectivity index (χ0v) is 15.6. The van der Waals surface area contributed by atoms with Crippen molar-refractivity contribution in [1.29, 1.82) is 0 Å². The third-order valence-corrected chi connectivity index (χ3v) is 4.47.